The first-order chi connectivity index (χ1) is 12.1. The molecule has 1 N–H and O–H groups in total. The summed E-state index contributed by atoms with van der Waals surface area (Å²) >= 11 is 0. The second kappa shape index (κ2) is 8.02. The fourth-order valence-corrected chi connectivity index (χ4v) is 4.87. The van der Waals surface area contributed by atoms with Crippen molar-refractivity contribution in [2.45, 2.75) is 31.1 Å². The Labute approximate surface area is 150 Å². The van der Waals surface area contributed by atoms with Crippen molar-refractivity contribution in [3.05, 3.63) is 60.2 Å². The van der Waals surface area contributed by atoms with Crippen molar-refractivity contribution >= 4 is 15.7 Å². The molecule has 0 aliphatic carbocycles. The molecule has 5 heteroatoms. The maximum absolute atomic E-state index is 12.8. The normalized spacial score (nSPS) is 16.7. The molecule has 1 aliphatic rings. The summed E-state index contributed by atoms with van der Waals surface area (Å²) in [5, 5.41) is 3.19. The summed E-state index contributed by atoms with van der Waals surface area (Å²) < 4.78 is 27.3. The Balaban J connectivity index is 1.61. The smallest absolute Gasteiger partial charge is 0.243 e. The maximum Gasteiger partial charge on any atom is 0.243 e. The van der Waals surface area contributed by atoms with Crippen molar-refractivity contribution in [3.8, 4) is 0 Å². The number of rotatable bonds is 6. The average molecular weight is 359 g/mol. The number of nitrogens with one attached hydrogen (secondary N) is 1. The zero-order valence-electron chi connectivity index (χ0n) is 14.7. The van der Waals surface area contributed by atoms with Crippen molar-refractivity contribution in [1.29, 1.82) is 0 Å². The lowest BCUT2D eigenvalue weighted by atomic mass is 9.91. The Morgan fingerprint density at radius 1 is 1.00 bits per heavy atom. The van der Waals surface area contributed by atoms with Gasteiger partial charge in [0.15, 0.2) is 0 Å². The van der Waals surface area contributed by atoms with Gasteiger partial charge in [-0.05, 0) is 61.9 Å². The van der Waals surface area contributed by atoms with Crippen LogP contribution in [0, 0.1) is 5.92 Å². The van der Waals surface area contributed by atoms with E-state index in [9.17, 15) is 8.42 Å². The standard InChI is InChI=1S/C20H26N2O2S/c1-2-21-19-8-10-20(11-9-19)25(23,24)22-14-12-18(13-15-22)16-17-6-4-3-5-7-17/h3-11,18,21H,2,12-16H2,1H3. The van der Waals surface area contributed by atoms with Gasteiger partial charge in [0.05, 0.1) is 4.90 Å². The molecule has 3 rings (SSSR count). The maximum atomic E-state index is 12.8. The molecule has 0 spiro atoms. The van der Waals surface area contributed by atoms with Gasteiger partial charge in [0.1, 0.15) is 0 Å². The highest BCUT2D eigenvalue weighted by Gasteiger charge is 2.29. The summed E-state index contributed by atoms with van der Waals surface area (Å²) in [6.07, 6.45) is 2.87. The van der Waals surface area contributed by atoms with Crippen LogP contribution in [0.25, 0.3) is 0 Å². The van der Waals surface area contributed by atoms with Crippen molar-refractivity contribution in [1.82, 2.24) is 4.31 Å². The number of hydrogen-bond acceptors (Lipinski definition) is 3. The first kappa shape index (κ1) is 18.0. The minimum absolute atomic E-state index is 0.385. The van der Waals surface area contributed by atoms with Crippen LogP contribution in [0.1, 0.15) is 25.3 Å². The summed E-state index contributed by atoms with van der Waals surface area (Å²) in [4.78, 5) is 0.385. The van der Waals surface area contributed by atoms with Crippen LogP contribution < -0.4 is 5.32 Å². The molecular formula is C20H26N2O2S. The Hall–Kier alpha value is -1.85. The lowest BCUT2D eigenvalue weighted by Crippen LogP contribution is -2.38. The number of sulfonamides is 1. The fraction of sp³-hybridized carbons (Fsp3) is 0.400. The van der Waals surface area contributed by atoms with Crippen LogP contribution in [-0.4, -0.2) is 32.4 Å². The Bertz CT molecular complexity index is 765. The van der Waals surface area contributed by atoms with Crippen molar-refractivity contribution in [3.63, 3.8) is 0 Å². The van der Waals surface area contributed by atoms with Gasteiger partial charge in [-0.1, -0.05) is 30.3 Å². The fourth-order valence-electron chi connectivity index (χ4n) is 3.40. The molecule has 0 radical (unpaired) electrons. The van der Waals surface area contributed by atoms with Crippen LogP contribution in [0.2, 0.25) is 0 Å². The van der Waals surface area contributed by atoms with Crippen LogP contribution >= 0.6 is 0 Å². The summed E-state index contributed by atoms with van der Waals surface area (Å²) in [7, 11) is -3.38. The highest BCUT2D eigenvalue weighted by Crippen LogP contribution is 2.26. The van der Waals surface area contributed by atoms with Gasteiger partial charge >= 0.3 is 0 Å². The highest BCUT2D eigenvalue weighted by atomic mass is 32.2. The Kier molecular flexibility index (Phi) is 5.76. The van der Waals surface area contributed by atoms with Crippen LogP contribution in [-0.2, 0) is 16.4 Å². The third-order valence-electron chi connectivity index (χ3n) is 4.81. The van der Waals surface area contributed by atoms with E-state index in [1.807, 2.05) is 25.1 Å². The molecule has 2 aromatic carbocycles. The first-order valence-corrected chi connectivity index (χ1v) is 10.4. The third-order valence-corrected chi connectivity index (χ3v) is 6.73. The molecule has 0 aromatic heterocycles. The van der Waals surface area contributed by atoms with E-state index in [4.69, 9.17) is 0 Å². The number of hydrogen-bond donors (Lipinski definition) is 1. The van der Waals surface area contributed by atoms with Crippen LogP contribution in [0.5, 0.6) is 0 Å². The molecule has 25 heavy (non-hydrogen) atoms. The van der Waals surface area contributed by atoms with Crippen molar-refractivity contribution in [2.24, 2.45) is 5.92 Å². The van der Waals surface area contributed by atoms with Gasteiger partial charge in [0.2, 0.25) is 10.0 Å². The highest BCUT2D eigenvalue weighted by molar-refractivity contribution is 7.89. The second-order valence-electron chi connectivity index (χ2n) is 6.59. The van der Waals surface area contributed by atoms with E-state index in [0.29, 0.717) is 23.9 Å². The summed E-state index contributed by atoms with van der Waals surface area (Å²) in [6.45, 7) is 4.05. The topological polar surface area (TPSA) is 49.4 Å². The van der Waals surface area contributed by atoms with Gasteiger partial charge in [-0.15, -0.1) is 0 Å². The van der Waals surface area contributed by atoms with E-state index in [0.717, 1.165) is 31.5 Å². The lowest BCUT2D eigenvalue weighted by Gasteiger charge is -2.31. The molecule has 0 unspecified atom stereocenters. The van der Waals surface area contributed by atoms with Gasteiger partial charge in [-0.3, -0.25) is 0 Å². The summed E-state index contributed by atoms with van der Waals surface area (Å²) in [5.41, 5.74) is 2.28. The molecule has 1 fully saturated rings. The number of anilines is 1. The monoisotopic (exact) mass is 358 g/mol. The summed E-state index contributed by atoms with van der Waals surface area (Å²) in [5.74, 6) is 0.560. The van der Waals surface area contributed by atoms with Gasteiger partial charge in [-0.25, -0.2) is 8.42 Å². The molecule has 0 atom stereocenters. The van der Waals surface area contributed by atoms with Gasteiger partial charge in [-0.2, -0.15) is 4.31 Å². The van der Waals surface area contributed by atoms with E-state index >= 15 is 0 Å². The Morgan fingerprint density at radius 2 is 1.64 bits per heavy atom. The number of nitrogens with zero attached hydrogens (tertiary/aromatic N) is 1. The second-order valence-corrected chi connectivity index (χ2v) is 8.53. The zero-order chi connectivity index (χ0) is 17.7. The van der Waals surface area contributed by atoms with E-state index < -0.39 is 10.0 Å². The molecule has 1 heterocycles. The van der Waals surface area contributed by atoms with Crippen LogP contribution in [0.3, 0.4) is 0 Å². The molecule has 0 saturated carbocycles. The van der Waals surface area contributed by atoms with E-state index in [1.54, 1.807) is 16.4 Å². The van der Waals surface area contributed by atoms with E-state index in [1.165, 1.54) is 5.56 Å². The third kappa shape index (κ3) is 4.41. The molecule has 1 aliphatic heterocycles. The zero-order valence-corrected chi connectivity index (χ0v) is 15.5. The molecule has 134 valence electrons. The first-order valence-electron chi connectivity index (χ1n) is 8.97. The van der Waals surface area contributed by atoms with E-state index in [-0.39, 0.29) is 0 Å². The molecule has 0 bridgehead atoms. The van der Waals surface area contributed by atoms with Crippen molar-refractivity contribution < 1.29 is 8.42 Å². The quantitative estimate of drug-likeness (QED) is 0.855. The van der Waals surface area contributed by atoms with Gasteiger partial charge in [0.25, 0.3) is 0 Å². The molecule has 0 amide bonds. The minimum Gasteiger partial charge on any atom is -0.385 e. The molecule has 1 saturated heterocycles. The minimum atomic E-state index is -3.38. The molecule has 4 nitrogen and oxygen atoms in total. The Morgan fingerprint density at radius 3 is 2.24 bits per heavy atom. The SMILES string of the molecule is CCNc1ccc(S(=O)(=O)N2CCC(Cc3ccccc3)CC2)cc1. The summed E-state index contributed by atoms with van der Waals surface area (Å²) in [6, 6.07) is 17.5. The van der Waals surface area contributed by atoms with E-state index in [2.05, 4.69) is 29.6 Å². The number of benzene rings is 2. The predicted molar refractivity (Wildman–Crippen MR) is 102 cm³/mol. The van der Waals surface area contributed by atoms with Crippen molar-refractivity contribution in [2.75, 3.05) is 25.0 Å². The molecule has 2 aromatic rings. The number of piperidine rings is 1. The van der Waals surface area contributed by atoms with Crippen LogP contribution in [0.4, 0.5) is 5.69 Å². The van der Waals surface area contributed by atoms with Gasteiger partial charge < -0.3 is 5.32 Å². The average Bonchev–Trinajstić information content (AvgIpc) is 2.64. The predicted octanol–water partition coefficient (Wildman–Crippen LogP) is 3.76. The largest absolute Gasteiger partial charge is 0.385 e. The lowest BCUT2D eigenvalue weighted by molar-refractivity contribution is 0.273. The van der Waals surface area contributed by atoms with Crippen LogP contribution in [0.15, 0.2) is 59.5 Å². The molecular weight excluding hydrogens is 332 g/mol. The van der Waals surface area contributed by atoms with Gasteiger partial charge in [0, 0.05) is 25.3 Å².